The number of nitrogens with one attached hydrogen (secondary N) is 1. The van der Waals surface area contributed by atoms with Gasteiger partial charge in [-0.15, -0.1) is 11.8 Å². The normalized spacial score (nSPS) is 11.9. The van der Waals surface area contributed by atoms with Gasteiger partial charge in [0.1, 0.15) is 18.3 Å². The second-order valence-corrected chi connectivity index (χ2v) is 13.7. The first-order chi connectivity index (χ1) is 22.1. The quantitative estimate of drug-likeness (QED) is 0.154. The molecular weight excluding hydrogens is 619 g/mol. The molecule has 242 valence electrons. The number of thioether (sulfide) groups is 1. The van der Waals surface area contributed by atoms with Crippen LogP contribution in [-0.4, -0.2) is 56.6 Å². The van der Waals surface area contributed by atoms with E-state index >= 15 is 0 Å². The number of sulfonamides is 1. The molecule has 4 aromatic rings. The van der Waals surface area contributed by atoms with Crippen LogP contribution in [0, 0.1) is 0 Å². The Hall–Kier alpha value is -4.28. The van der Waals surface area contributed by atoms with Crippen LogP contribution in [-0.2, 0) is 32.6 Å². The van der Waals surface area contributed by atoms with Crippen molar-refractivity contribution in [1.29, 1.82) is 0 Å². The number of anilines is 1. The Morgan fingerprint density at radius 2 is 1.41 bits per heavy atom. The maximum atomic E-state index is 14.5. The van der Waals surface area contributed by atoms with Gasteiger partial charge in [-0.3, -0.25) is 13.9 Å². The maximum absolute atomic E-state index is 14.5. The highest BCUT2D eigenvalue weighted by Crippen LogP contribution is 2.28. The summed E-state index contributed by atoms with van der Waals surface area (Å²) in [6, 6.07) is 31.0. The van der Waals surface area contributed by atoms with Gasteiger partial charge < -0.3 is 15.0 Å². The highest BCUT2D eigenvalue weighted by molar-refractivity contribution is 7.98. The molecule has 2 amide bonds. The van der Waals surface area contributed by atoms with Crippen molar-refractivity contribution in [2.45, 2.75) is 55.6 Å². The minimum absolute atomic E-state index is 0.0555. The summed E-state index contributed by atoms with van der Waals surface area (Å²) in [5, 5.41) is 2.97. The lowest BCUT2D eigenvalue weighted by Crippen LogP contribution is -2.54. The van der Waals surface area contributed by atoms with E-state index in [9.17, 15) is 18.0 Å². The van der Waals surface area contributed by atoms with Crippen LogP contribution in [0.2, 0.25) is 0 Å². The molecule has 0 saturated heterocycles. The van der Waals surface area contributed by atoms with E-state index in [0.717, 1.165) is 20.3 Å². The van der Waals surface area contributed by atoms with Gasteiger partial charge in [-0.1, -0.05) is 60.7 Å². The minimum atomic E-state index is -4.19. The van der Waals surface area contributed by atoms with E-state index in [-0.39, 0.29) is 29.8 Å². The highest BCUT2D eigenvalue weighted by atomic mass is 32.2. The average Bonchev–Trinajstić information content (AvgIpc) is 3.06. The Labute approximate surface area is 276 Å². The van der Waals surface area contributed by atoms with Crippen LogP contribution < -0.4 is 14.4 Å². The summed E-state index contributed by atoms with van der Waals surface area (Å²) in [5.74, 6) is -0.244. The molecule has 0 aliphatic heterocycles. The first-order valence-electron chi connectivity index (χ1n) is 15.2. The average molecular weight is 660 g/mol. The second-order valence-electron chi connectivity index (χ2n) is 11.0. The number of hydrogen-bond donors (Lipinski definition) is 1. The predicted octanol–water partition coefficient (Wildman–Crippen LogP) is 6.17. The molecule has 0 aliphatic carbocycles. The number of ether oxygens (including phenoxy) is 1. The third-order valence-electron chi connectivity index (χ3n) is 7.26. The lowest BCUT2D eigenvalue weighted by Gasteiger charge is -2.34. The molecule has 1 N–H and O–H groups in total. The molecule has 0 heterocycles. The first kappa shape index (κ1) is 34.6. The van der Waals surface area contributed by atoms with Crippen molar-refractivity contribution in [1.82, 2.24) is 10.2 Å². The van der Waals surface area contributed by atoms with Gasteiger partial charge in [-0.05, 0) is 86.7 Å². The zero-order chi connectivity index (χ0) is 33.1. The molecule has 0 saturated carbocycles. The summed E-state index contributed by atoms with van der Waals surface area (Å²) in [6.07, 6.45) is 2.17. The van der Waals surface area contributed by atoms with Crippen LogP contribution in [0.4, 0.5) is 5.69 Å². The number of nitrogens with zero attached hydrogens (tertiary/aromatic N) is 2. The number of rotatable bonds is 15. The van der Waals surface area contributed by atoms with E-state index in [1.165, 1.54) is 16.7 Å². The van der Waals surface area contributed by atoms with Gasteiger partial charge in [0.25, 0.3) is 10.0 Å². The largest absolute Gasteiger partial charge is 0.494 e. The van der Waals surface area contributed by atoms with Crippen LogP contribution in [0.3, 0.4) is 0 Å². The molecule has 4 rings (SSSR count). The molecule has 10 heteroatoms. The van der Waals surface area contributed by atoms with Gasteiger partial charge in [-0.2, -0.15) is 0 Å². The summed E-state index contributed by atoms with van der Waals surface area (Å²) in [5.41, 5.74) is 1.99. The number of amides is 2. The van der Waals surface area contributed by atoms with E-state index in [1.807, 2.05) is 87.7 Å². The molecule has 0 spiro atoms. The van der Waals surface area contributed by atoms with E-state index in [0.29, 0.717) is 18.0 Å². The molecule has 0 aromatic heterocycles. The van der Waals surface area contributed by atoms with Crippen LogP contribution >= 0.6 is 11.8 Å². The van der Waals surface area contributed by atoms with Crippen molar-refractivity contribution in [3.05, 3.63) is 120 Å². The highest BCUT2D eigenvalue weighted by Gasteiger charge is 2.34. The Kier molecular flexibility index (Phi) is 12.3. The molecule has 0 fully saturated rings. The van der Waals surface area contributed by atoms with Gasteiger partial charge in [0, 0.05) is 23.9 Å². The smallest absolute Gasteiger partial charge is 0.264 e. The topological polar surface area (TPSA) is 96.0 Å². The maximum Gasteiger partial charge on any atom is 0.264 e. The van der Waals surface area contributed by atoms with E-state index in [2.05, 4.69) is 5.32 Å². The summed E-state index contributed by atoms with van der Waals surface area (Å²) in [4.78, 5) is 30.8. The van der Waals surface area contributed by atoms with Crippen LogP contribution in [0.5, 0.6) is 5.75 Å². The third kappa shape index (κ3) is 9.14. The molecule has 0 radical (unpaired) electrons. The lowest BCUT2D eigenvalue weighted by molar-refractivity contribution is -0.140. The van der Waals surface area contributed by atoms with Gasteiger partial charge in [-0.25, -0.2) is 8.42 Å². The number of hydrogen-bond acceptors (Lipinski definition) is 6. The van der Waals surface area contributed by atoms with E-state index < -0.39 is 28.5 Å². The fraction of sp³-hybridized carbons (Fsp3) is 0.278. The number of carbonyl (C=O) groups is 2. The molecule has 46 heavy (non-hydrogen) atoms. The Balaban J connectivity index is 1.79. The molecule has 4 aromatic carbocycles. The SMILES string of the molecule is CCOc1ccc(N(CC(=O)N(Cc2ccccc2)[C@@H](Cc2ccccc2)C(=O)NC(C)C)S(=O)(=O)c2ccc(SC)cc2)cc1. The van der Waals surface area contributed by atoms with Crippen molar-refractivity contribution in [3.8, 4) is 5.75 Å². The lowest BCUT2D eigenvalue weighted by atomic mass is 10.0. The van der Waals surface area contributed by atoms with Gasteiger partial charge in [0.05, 0.1) is 17.2 Å². The van der Waals surface area contributed by atoms with E-state index in [4.69, 9.17) is 4.74 Å². The molecule has 0 unspecified atom stereocenters. The Bertz CT molecular complexity index is 1660. The summed E-state index contributed by atoms with van der Waals surface area (Å²) in [6.45, 7) is 5.64. The van der Waals surface area contributed by atoms with Crippen LogP contribution in [0.15, 0.2) is 119 Å². The number of benzene rings is 4. The molecule has 0 aliphatic rings. The van der Waals surface area contributed by atoms with Gasteiger partial charge in [0.2, 0.25) is 11.8 Å². The molecule has 0 bridgehead atoms. The van der Waals surface area contributed by atoms with Crippen LogP contribution in [0.1, 0.15) is 31.9 Å². The summed E-state index contributed by atoms with van der Waals surface area (Å²) < 4.78 is 35.2. The molecule has 1 atom stereocenters. The monoisotopic (exact) mass is 659 g/mol. The van der Waals surface area contributed by atoms with E-state index in [1.54, 1.807) is 48.5 Å². The molecule has 8 nitrogen and oxygen atoms in total. The first-order valence-corrected chi connectivity index (χ1v) is 17.9. The zero-order valence-corrected chi connectivity index (χ0v) is 28.3. The van der Waals surface area contributed by atoms with Crippen molar-refractivity contribution in [2.75, 3.05) is 23.7 Å². The van der Waals surface area contributed by atoms with Gasteiger partial charge >= 0.3 is 0 Å². The summed E-state index contributed by atoms with van der Waals surface area (Å²) >= 11 is 1.50. The van der Waals surface area contributed by atoms with Crippen molar-refractivity contribution in [2.24, 2.45) is 0 Å². The third-order valence-corrected chi connectivity index (χ3v) is 9.79. The minimum Gasteiger partial charge on any atom is -0.494 e. The zero-order valence-electron chi connectivity index (χ0n) is 26.6. The van der Waals surface area contributed by atoms with Crippen molar-refractivity contribution < 1.29 is 22.7 Å². The fourth-order valence-electron chi connectivity index (χ4n) is 4.99. The van der Waals surface area contributed by atoms with Crippen molar-refractivity contribution in [3.63, 3.8) is 0 Å². The van der Waals surface area contributed by atoms with Crippen molar-refractivity contribution >= 4 is 39.3 Å². The Morgan fingerprint density at radius 3 is 1.96 bits per heavy atom. The second kappa shape index (κ2) is 16.3. The van der Waals surface area contributed by atoms with Crippen LogP contribution in [0.25, 0.3) is 0 Å². The standard InChI is InChI=1S/C36H41N3O5S2/c1-5-44-31-18-16-30(17-19-31)39(46(42,43)33-22-20-32(45-4)21-23-33)26-35(40)38(25-29-14-10-7-11-15-29)34(36(41)37-27(2)3)24-28-12-8-6-9-13-28/h6-23,27,34H,5,24-26H2,1-4H3,(H,37,41)/t34-/m0/s1. The van der Waals surface area contributed by atoms with Gasteiger partial charge in [0.15, 0.2) is 0 Å². The summed E-state index contributed by atoms with van der Waals surface area (Å²) in [7, 11) is -4.19. The number of carbonyl (C=O) groups excluding carboxylic acids is 2. The predicted molar refractivity (Wildman–Crippen MR) is 185 cm³/mol. The molecular formula is C36H41N3O5S2. The Morgan fingerprint density at radius 1 is 0.826 bits per heavy atom. The fourth-order valence-corrected chi connectivity index (χ4v) is 6.82.